The van der Waals surface area contributed by atoms with Crippen LogP contribution in [0.1, 0.15) is 44.5 Å². The third-order valence-electron chi connectivity index (χ3n) is 4.45. The summed E-state index contributed by atoms with van der Waals surface area (Å²) < 4.78 is 0. The largest absolute Gasteiger partial charge is 0.299 e. The Morgan fingerprint density at radius 3 is 2.46 bits per heavy atom. The highest BCUT2D eigenvalue weighted by Crippen LogP contribution is 2.39. The van der Waals surface area contributed by atoms with Crippen molar-refractivity contribution in [2.24, 2.45) is 22.7 Å². The van der Waals surface area contributed by atoms with Gasteiger partial charge in [0.25, 0.3) is 0 Å². The van der Waals surface area contributed by atoms with Gasteiger partial charge < -0.3 is 0 Å². The van der Waals surface area contributed by atoms with Crippen LogP contribution in [0.15, 0.2) is 45.9 Å². The molecular formula is C21H24N2O2S. The molecular weight excluding hydrogens is 344 g/mol. The summed E-state index contributed by atoms with van der Waals surface area (Å²) in [5.41, 5.74) is 1.92. The van der Waals surface area contributed by atoms with E-state index in [2.05, 4.69) is 24.9 Å². The normalized spacial score (nSPS) is 19.9. The molecule has 1 aliphatic heterocycles. The summed E-state index contributed by atoms with van der Waals surface area (Å²) >= 11 is 1.29. The van der Waals surface area contributed by atoms with Crippen molar-refractivity contribution < 1.29 is 9.59 Å². The monoisotopic (exact) mass is 368 g/mol. The fraction of sp³-hybridized carbons (Fsp3) is 0.429. The minimum absolute atomic E-state index is 0.00217. The van der Waals surface area contributed by atoms with Gasteiger partial charge in [0.15, 0.2) is 5.78 Å². The summed E-state index contributed by atoms with van der Waals surface area (Å²) in [5, 5.41) is 10.3. The highest BCUT2D eigenvalue weighted by molar-refractivity contribution is 8.03. The van der Waals surface area contributed by atoms with Crippen molar-refractivity contribution in [1.82, 2.24) is 0 Å². The van der Waals surface area contributed by atoms with E-state index in [1.165, 1.54) is 11.8 Å². The molecule has 0 aliphatic carbocycles. The van der Waals surface area contributed by atoms with Crippen LogP contribution >= 0.6 is 11.8 Å². The van der Waals surface area contributed by atoms with E-state index >= 15 is 0 Å². The van der Waals surface area contributed by atoms with Crippen LogP contribution in [0.4, 0.5) is 0 Å². The first kappa shape index (κ1) is 20.1. The first-order chi connectivity index (χ1) is 12.3. The average molecular weight is 369 g/mol. The third kappa shape index (κ3) is 4.70. The molecule has 0 amide bonds. The quantitative estimate of drug-likeness (QED) is 0.655. The lowest BCUT2D eigenvalue weighted by atomic mass is 9.75. The molecule has 136 valence electrons. The van der Waals surface area contributed by atoms with Crippen LogP contribution in [0.2, 0.25) is 0 Å². The summed E-state index contributed by atoms with van der Waals surface area (Å²) in [7, 11) is 0. The van der Waals surface area contributed by atoms with Crippen LogP contribution < -0.4 is 0 Å². The molecule has 5 heteroatoms. The van der Waals surface area contributed by atoms with Gasteiger partial charge in [0, 0.05) is 17.2 Å². The number of carbonyl (C=O) groups is 2. The standard InChI is InChI=1S/C21H24N2O2S/c1-13(2)10-17-18(11-22)21(23-14(3)20(17)15(4)24)26-12-19(25)16-8-6-5-7-9-16/h5-9,13,17,20H,10,12H2,1-4H3/t17-,20?/m1/s1. The van der Waals surface area contributed by atoms with Gasteiger partial charge in [0.2, 0.25) is 0 Å². The summed E-state index contributed by atoms with van der Waals surface area (Å²) in [6.45, 7) is 7.56. The Bertz CT molecular complexity index is 788. The van der Waals surface area contributed by atoms with Crippen LogP contribution in [0.5, 0.6) is 0 Å². The van der Waals surface area contributed by atoms with Crippen molar-refractivity contribution in [1.29, 1.82) is 5.26 Å². The van der Waals surface area contributed by atoms with E-state index in [1.807, 2.05) is 25.1 Å². The Hall–Kier alpha value is -2.19. The fourth-order valence-corrected chi connectivity index (χ4v) is 4.32. The molecule has 1 aromatic rings. The number of nitrogens with zero attached hydrogens (tertiary/aromatic N) is 2. The Balaban J connectivity index is 2.28. The summed E-state index contributed by atoms with van der Waals surface area (Å²) in [6.07, 6.45) is 0.747. The van der Waals surface area contributed by atoms with Gasteiger partial charge in [-0.3, -0.25) is 9.59 Å². The minimum Gasteiger partial charge on any atom is -0.299 e. The van der Waals surface area contributed by atoms with Crippen molar-refractivity contribution in [3.8, 4) is 6.07 Å². The van der Waals surface area contributed by atoms with E-state index in [-0.39, 0.29) is 29.2 Å². The topological polar surface area (TPSA) is 70.3 Å². The molecule has 1 unspecified atom stereocenters. The number of benzene rings is 1. The maximum absolute atomic E-state index is 12.4. The molecule has 26 heavy (non-hydrogen) atoms. The second-order valence-corrected chi connectivity index (χ2v) is 7.95. The van der Waals surface area contributed by atoms with Gasteiger partial charge in [-0.1, -0.05) is 55.9 Å². The lowest BCUT2D eigenvalue weighted by molar-refractivity contribution is -0.119. The van der Waals surface area contributed by atoms with E-state index in [0.717, 1.165) is 12.1 Å². The minimum atomic E-state index is -0.346. The second-order valence-electron chi connectivity index (χ2n) is 6.99. The molecule has 2 atom stereocenters. The molecule has 4 nitrogen and oxygen atoms in total. The van der Waals surface area contributed by atoms with E-state index in [0.29, 0.717) is 22.1 Å². The molecule has 1 aromatic carbocycles. The Morgan fingerprint density at radius 2 is 1.92 bits per heavy atom. The fourth-order valence-electron chi connectivity index (χ4n) is 3.33. The molecule has 0 bridgehead atoms. The van der Waals surface area contributed by atoms with Gasteiger partial charge in [-0.25, -0.2) is 4.99 Å². The number of ketones is 2. The molecule has 0 saturated carbocycles. The third-order valence-corrected chi connectivity index (χ3v) is 5.44. The van der Waals surface area contributed by atoms with Crippen LogP contribution in [0.3, 0.4) is 0 Å². The maximum atomic E-state index is 12.4. The number of hydrogen-bond acceptors (Lipinski definition) is 5. The molecule has 0 N–H and O–H groups in total. The SMILES string of the molecule is CC(=O)C1C(C)=NC(SCC(=O)c2ccccc2)=C(C#N)[C@H]1CC(C)C. The van der Waals surface area contributed by atoms with Gasteiger partial charge in [0.1, 0.15) is 10.8 Å². The molecule has 0 aromatic heterocycles. The number of carbonyl (C=O) groups excluding carboxylic acids is 2. The van der Waals surface area contributed by atoms with Crippen LogP contribution in [0.25, 0.3) is 0 Å². The number of aliphatic imine (C=N–C) groups is 1. The predicted octanol–water partition coefficient (Wildman–Crippen LogP) is 4.68. The van der Waals surface area contributed by atoms with Crippen molar-refractivity contribution >= 4 is 29.0 Å². The van der Waals surface area contributed by atoms with Gasteiger partial charge >= 0.3 is 0 Å². The van der Waals surface area contributed by atoms with Gasteiger partial charge in [0.05, 0.1) is 23.3 Å². The number of allylic oxidation sites excluding steroid dienone is 1. The summed E-state index contributed by atoms with van der Waals surface area (Å²) in [6, 6.07) is 11.4. The smallest absolute Gasteiger partial charge is 0.173 e. The van der Waals surface area contributed by atoms with Crippen molar-refractivity contribution in [3.63, 3.8) is 0 Å². The zero-order valence-corrected chi connectivity index (χ0v) is 16.5. The van der Waals surface area contributed by atoms with E-state index in [9.17, 15) is 14.9 Å². The van der Waals surface area contributed by atoms with E-state index in [4.69, 9.17) is 0 Å². The first-order valence-corrected chi connectivity index (χ1v) is 9.74. The van der Waals surface area contributed by atoms with Crippen LogP contribution in [0, 0.1) is 29.1 Å². The molecule has 1 aliphatic rings. The molecule has 0 saturated heterocycles. The second kappa shape index (κ2) is 8.95. The maximum Gasteiger partial charge on any atom is 0.173 e. The molecule has 0 radical (unpaired) electrons. The van der Waals surface area contributed by atoms with Crippen molar-refractivity contribution in [2.75, 3.05) is 5.75 Å². The van der Waals surface area contributed by atoms with Gasteiger partial charge in [-0.05, 0) is 26.2 Å². The first-order valence-electron chi connectivity index (χ1n) is 8.76. The Morgan fingerprint density at radius 1 is 1.27 bits per heavy atom. The van der Waals surface area contributed by atoms with Crippen molar-refractivity contribution in [2.45, 2.75) is 34.1 Å². The van der Waals surface area contributed by atoms with Crippen LogP contribution in [-0.4, -0.2) is 23.0 Å². The summed E-state index contributed by atoms with van der Waals surface area (Å²) in [4.78, 5) is 29.0. The number of hydrogen-bond donors (Lipinski definition) is 0. The number of rotatable bonds is 7. The van der Waals surface area contributed by atoms with E-state index < -0.39 is 0 Å². The number of thioether (sulfide) groups is 1. The molecule has 0 spiro atoms. The van der Waals surface area contributed by atoms with Gasteiger partial charge in [-0.2, -0.15) is 5.26 Å². The predicted molar refractivity (Wildman–Crippen MR) is 106 cm³/mol. The Kier molecular flexibility index (Phi) is 6.93. The number of nitriles is 1. The average Bonchev–Trinajstić information content (AvgIpc) is 2.59. The lowest BCUT2D eigenvalue weighted by Gasteiger charge is -2.30. The van der Waals surface area contributed by atoms with Crippen molar-refractivity contribution in [3.05, 3.63) is 46.5 Å². The van der Waals surface area contributed by atoms with Crippen LogP contribution in [-0.2, 0) is 4.79 Å². The Labute approximate surface area is 159 Å². The highest BCUT2D eigenvalue weighted by Gasteiger charge is 2.36. The molecule has 2 rings (SSSR count). The zero-order chi connectivity index (χ0) is 19.3. The molecule has 1 heterocycles. The van der Waals surface area contributed by atoms with E-state index in [1.54, 1.807) is 19.1 Å². The lowest BCUT2D eigenvalue weighted by Crippen LogP contribution is -2.33. The zero-order valence-electron chi connectivity index (χ0n) is 15.7. The van der Waals surface area contributed by atoms with Gasteiger partial charge in [-0.15, -0.1) is 0 Å². The summed E-state index contributed by atoms with van der Waals surface area (Å²) in [5.74, 6) is 0.107. The number of Topliss-reactive ketones (excluding diaryl/α,β-unsaturated/α-hetero) is 2. The highest BCUT2D eigenvalue weighted by atomic mass is 32.2. The molecule has 0 fully saturated rings.